The summed E-state index contributed by atoms with van der Waals surface area (Å²) >= 11 is 3.38. The van der Waals surface area contributed by atoms with Crippen LogP contribution in [0.5, 0.6) is 0 Å². The van der Waals surface area contributed by atoms with Crippen LogP contribution in [0.2, 0.25) is 0 Å². The van der Waals surface area contributed by atoms with Gasteiger partial charge in [-0.25, -0.2) is 4.79 Å². The van der Waals surface area contributed by atoms with E-state index < -0.39 is 12.6 Å². The molecule has 0 heterocycles. The molecule has 0 unspecified atom stereocenters. The molecule has 4 nitrogen and oxygen atoms in total. The van der Waals surface area contributed by atoms with E-state index in [4.69, 9.17) is 5.11 Å². The van der Waals surface area contributed by atoms with Gasteiger partial charge in [0.1, 0.15) is 0 Å². The second-order valence-corrected chi connectivity index (χ2v) is 3.76. The fraction of sp³-hybridized carbons (Fsp3) is 0.200. The van der Waals surface area contributed by atoms with Crippen molar-refractivity contribution in [2.24, 2.45) is 5.16 Å². The highest BCUT2D eigenvalue weighted by Gasteiger charge is 1.96. The zero-order valence-corrected chi connectivity index (χ0v) is 9.69. The Kier molecular flexibility index (Phi) is 4.30. The SMILES string of the molecule is Cc1cc(C=NOCC(=O)O)ccc1Br. The Labute approximate surface area is 95.7 Å². The lowest BCUT2D eigenvalue weighted by atomic mass is 10.2. The molecule has 1 rings (SSSR count). The number of hydrogen-bond donors (Lipinski definition) is 1. The molecule has 0 amide bonds. The molecule has 0 fully saturated rings. The van der Waals surface area contributed by atoms with Crippen molar-refractivity contribution >= 4 is 28.1 Å². The molecule has 1 aromatic rings. The van der Waals surface area contributed by atoms with Crippen LogP contribution in [-0.4, -0.2) is 23.9 Å². The molecule has 0 atom stereocenters. The molecule has 80 valence electrons. The van der Waals surface area contributed by atoms with Crippen molar-refractivity contribution in [3.63, 3.8) is 0 Å². The molecule has 0 saturated heterocycles. The van der Waals surface area contributed by atoms with E-state index in [-0.39, 0.29) is 0 Å². The number of carboxylic acid groups (broad SMARTS) is 1. The topological polar surface area (TPSA) is 58.9 Å². The summed E-state index contributed by atoms with van der Waals surface area (Å²) < 4.78 is 1.02. The van der Waals surface area contributed by atoms with Gasteiger partial charge in [0, 0.05) is 4.47 Å². The summed E-state index contributed by atoms with van der Waals surface area (Å²) in [6.07, 6.45) is 1.47. The highest BCUT2D eigenvalue weighted by molar-refractivity contribution is 9.10. The molecule has 0 radical (unpaired) electrons. The number of benzene rings is 1. The predicted octanol–water partition coefficient (Wildman–Crippen LogP) is 2.19. The smallest absolute Gasteiger partial charge is 0.344 e. The number of rotatable bonds is 4. The van der Waals surface area contributed by atoms with Gasteiger partial charge in [-0.05, 0) is 30.2 Å². The van der Waals surface area contributed by atoms with Crippen molar-refractivity contribution in [2.75, 3.05) is 6.61 Å². The molecule has 0 aromatic heterocycles. The van der Waals surface area contributed by atoms with Crippen LogP contribution in [0.25, 0.3) is 0 Å². The van der Waals surface area contributed by atoms with Crippen molar-refractivity contribution in [3.8, 4) is 0 Å². The van der Waals surface area contributed by atoms with E-state index in [0.717, 1.165) is 15.6 Å². The molecule has 5 heteroatoms. The monoisotopic (exact) mass is 271 g/mol. The van der Waals surface area contributed by atoms with Gasteiger partial charge >= 0.3 is 5.97 Å². The van der Waals surface area contributed by atoms with Crippen LogP contribution in [0, 0.1) is 6.92 Å². The largest absolute Gasteiger partial charge is 0.479 e. The van der Waals surface area contributed by atoms with Crippen LogP contribution in [0.1, 0.15) is 11.1 Å². The van der Waals surface area contributed by atoms with Crippen LogP contribution >= 0.6 is 15.9 Å². The number of nitrogens with zero attached hydrogens (tertiary/aromatic N) is 1. The zero-order chi connectivity index (χ0) is 11.3. The van der Waals surface area contributed by atoms with Crippen LogP contribution in [0.15, 0.2) is 27.8 Å². The molecule has 1 aromatic carbocycles. The summed E-state index contributed by atoms with van der Waals surface area (Å²) in [6.45, 7) is 1.53. The van der Waals surface area contributed by atoms with Gasteiger partial charge in [-0.15, -0.1) is 0 Å². The Hall–Kier alpha value is -1.36. The molecular formula is C10H10BrNO3. The molecule has 0 aliphatic carbocycles. The van der Waals surface area contributed by atoms with Crippen LogP contribution in [0.4, 0.5) is 0 Å². The number of carbonyl (C=O) groups is 1. The van der Waals surface area contributed by atoms with Gasteiger partial charge in [-0.2, -0.15) is 0 Å². The maximum atomic E-state index is 10.1. The third-order valence-corrected chi connectivity index (χ3v) is 2.54. The molecule has 0 aliphatic rings. The molecule has 0 bridgehead atoms. The van der Waals surface area contributed by atoms with Gasteiger partial charge in [-0.1, -0.05) is 27.2 Å². The first-order valence-electron chi connectivity index (χ1n) is 4.23. The molecule has 1 N–H and O–H groups in total. The molecule has 15 heavy (non-hydrogen) atoms. The minimum absolute atomic E-state index is 0.425. The summed E-state index contributed by atoms with van der Waals surface area (Å²) in [5.41, 5.74) is 1.94. The number of hydrogen-bond acceptors (Lipinski definition) is 3. The van der Waals surface area contributed by atoms with E-state index in [9.17, 15) is 4.79 Å². The van der Waals surface area contributed by atoms with E-state index in [2.05, 4.69) is 25.9 Å². The summed E-state index contributed by atoms with van der Waals surface area (Å²) in [5.74, 6) is -1.04. The Morgan fingerprint density at radius 2 is 2.40 bits per heavy atom. The number of aliphatic carboxylic acids is 1. The lowest BCUT2D eigenvalue weighted by Crippen LogP contribution is -2.03. The molecule has 0 spiro atoms. The third kappa shape index (κ3) is 4.12. The third-order valence-electron chi connectivity index (χ3n) is 1.65. The first-order chi connectivity index (χ1) is 7.09. The van der Waals surface area contributed by atoms with Crippen molar-refractivity contribution in [1.82, 2.24) is 0 Å². The minimum atomic E-state index is -1.04. The lowest BCUT2D eigenvalue weighted by Gasteiger charge is -1.98. The maximum Gasteiger partial charge on any atom is 0.344 e. The van der Waals surface area contributed by atoms with Crippen molar-refractivity contribution in [3.05, 3.63) is 33.8 Å². The Morgan fingerprint density at radius 3 is 3.00 bits per heavy atom. The fourth-order valence-electron chi connectivity index (χ4n) is 0.939. The fourth-order valence-corrected chi connectivity index (χ4v) is 1.19. The quantitative estimate of drug-likeness (QED) is 0.675. The van der Waals surface area contributed by atoms with Crippen LogP contribution in [0.3, 0.4) is 0 Å². The standard InChI is InChI=1S/C10H10BrNO3/c1-7-4-8(2-3-9(7)11)5-12-15-6-10(13)14/h2-5H,6H2,1H3,(H,13,14). The predicted molar refractivity (Wildman–Crippen MR) is 60.1 cm³/mol. The van der Waals surface area contributed by atoms with Crippen molar-refractivity contribution in [2.45, 2.75) is 6.92 Å². The average molecular weight is 272 g/mol. The second kappa shape index (κ2) is 5.50. The van der Waals surface area contributed by atoms with Gasteiger partial charge in [-0.3, -0.25) is 0 Å². The Balaban J connectivity index is 2.57. The summed E-state index contributed by atoms with van der Waals surface area (Å²) in [6, 6.07) is 5.66. The van der Waals surface area contributed by atoms with Gasteiger partial charge in [0.25, 0.3) is 0 Å². The average Bonchev–Trinajstić information content (AvgIpc) is 2.18. The van der Waals surface area contributed by atoms with Gasteiger partial charge < -0.3 is 9.94 Å². The Bertz CT molecular complexity index is 390. The Morgan fingerprint density at radius 1 is 1.67 bits per heavy atom. The maximum absolute atomic E-state index is 10.1. The summed E-state index contributed by atoms with van der Waals surface area (Å²) in [7, 11) is 0. The number of halogens is 1. The van der Waals surface area contributed by atoms with E-state index >= 15 is 0 Å². The molecule has 0 saturated carbocycles. The number of carboxylic acids is 1. The highest BCUT2D eigenvalue weighted by Crippen LogP contribution is 2.15. The van der Waals surface area contributed by atoms with Crippen LogP contribution < -0.4 is 0 Å². The molecular weight excluding hydrogens is 262 g/mol. The van der Waals surface area contributed by atoms with Crippen molar-refractivity contribution < 1.29 is 14.7 Å². The van der Waals surface area contributed by atoms with E-state index in [1.54, 1.807) is 0 Å². The van der Waals surface area contributed by atoms with E-state index in [1.807, 2.05) is 25.1 Å². The summed E-state index contributed by atoms with van der Waals surface area (Å²) in [5, 5.41) is 11.8. The van der Waals surface area contributed by atoms with Crippen molar-refractivity contribution in [1.29, 1.82) is 0 Å². The first-order valence-corrected chi connectivity index (χ1v) is 5.02. The lowest BCUT2D eigenvalue weighted by molar-refractivity contribution is -0.142. The van der Waals surface area contributed by atoms with Gasteiger partial charge in [0.2, 0.25) is 6.61 Å². The number of aryl methyl sites for hydroxylation is 1. The van der Waals surface area contributed by atoms with E-state index in [1.165, 1.54) is 6.21 Å². The van der Waals surface area contributed by atoms with Crippen LogP contribution in [-0.2, 0) is 9.63 Å². The molecule has 0 aliphatic heterocycles. The first kappa shape index (κ1) is 11.7. The highest BCUT2D eigenvalue weighted by atomic mass is 79.9. The normalized spacial score (nSPS) is 10.5. The second-order valence-electron chi connectivity index (χ2n) is 2.91. The van der Waals surface area contributed by atoms with E-state index in [0.29, 0.717) is 0 Å². The van der Waals surface area contributed by atoms with Gasteiger partial charge in [0.05, 0.1) is 6.21 Å². The summed E-state index contributed by atoms with van der Waals surface area (Å²) in [4.78, 5) is 14.6. The minimum Gasteiger partial charge on any atom is -0.479 e. The number of oxime groups is 1. The van der Waals surface area contributed by atoms with Gasteiger partial charge in [0.15, 0.2) is 0 Å². The zero-order valence-electron chi connectivity index (χ0n) is 8.11.